The highest BCUT2D eigenvalue weighted by Gasteiger charge is 2.74. The predicted octanol–water partition coefficient (Wildman–Crippen LogP) is 3.24. The third-order valence-electron chi connectivity index (χ3n) is 8.57. The van der Waals surface area contributed by atoms with Gasteiger partial charge in [-0.05, 0) is 31.2 Å². The zero-order chi connectivity index (χ0) is 24.7. The van der Waals surface area contributed by atoms with Gasteiger partial charge < -0.3 is 20.0 Å². The fourth-order valence-corrected chi connectivity index (χ4v) is 9.32. The Kier molecular flexibility index (Phi) is 6.70. The highest BCUT2D eigenvalue weighted by molar-refractivity contribution is 8.02. The summed E-state index contributed by atoms with van der Waals surface area (Å²) < 4.78 is -0.780. The Morgan fingerprint density at radius 1 is 1.20 bits per heavy atom. The molecule has 6 atom stereocenters. The summed E-state index contributed by atoms with van der Waals surface area (Å²) in [5, 5.41) is 20.4. The van der Waals surface area contributed by atoms with E-state index in [9.17, 15) is 24.6 Å². The van der Waals surface area contributed by atoms with Gasteiger partial charge in [0.05, 0.1) is 29.2 Å². The molecule has 3 saturated heterocycles. The molecule has 1 aliphatic carbocycles. The molecule has 35 heavy (non-hydrogen) atoms. The Bertz CT molecular complexity index is 997. The van der Waals surface area contributed by atoms with Crippen molar-refractivity contribution in [3.8, 4) is 0 Å². The maximum absolute atomic E-state index is 14.5. The fourth-order valence-electron chi connectivity index (χ4n) is 7.13. The zero-order valence-electron chi connectivity index (χ0n) is 19.9. The largest absolute Gasteiger partial charge is 0.481 e. The van der Waals surface area contributed by atoms with E-state index in [0.717, 1.165) is 37.7 Å². The van der Waals surface area contributed by atoms with Crippen molar-refractivity contribution in [3.05, 3.63) is 48.6 Å². The van der Waals surface area contributed by atoms with Gasteiger partial charge in [0.25, 0.3) is 0 Å². The number of rotatable bonds is 8. The molecule has 8 heteroatoms. The average molecular weight is 499 g/mol. The number of benzene rings is 1. The van der Waals surface area contributed by atoms with Crippen molar-refractivity contribution in [2.45, 2.75) is 73.1 Å². The molecule has 0 radical (unpaired) electrons. The van der Waals surface area contributed by atoms with Crippen LogP contribution in [0.2, 0.25) is 0 Å². The van der Waals surface area contributed by atoms with Crippen LogP contribution in [0.15, 0.2) is 43.0 Å². The minimum Gasteiger partial charge on any atom is -0.481 e. The second-order valence-corrected chi connectivity index (χ2v) is 11.9. The summed E-state index contributed by atoms with van der Waals surface area (Å²) in [4.78, 5) is 44.3. The van der Waals surface area contributed by atoms with Crippen LogP contribution < -0.4 is 0 Å². The van der Waals surface area contributed by atoms with Gasteiger partial charge in [0.1, 0.15) is 6.04 Å². The Morgan fingerprint density at radius 2 is 1.91 bits per heavy atom. The van der Waals surface area contributed by atoms with E-state index in [-0.39, 0.29) is 29.7 Å². The molecule has 0 aromatic heterocycles. The summed E-state index contributed by atoms with van der Waals surface area (Å²) >= 11 is 1.54. The summed E-state index contributed by atoms with van der Waals surface area (Å²) in [6.45, 7) is 3.95. The van der Waals surface area contributed by atoms with Gasteiger partial charge in [-0.2, -0.15) is 0 Å². The number of aliphatic carboxylic acids is 1. The van der Waals surface area contributed by atoms with Crippen molar-refractivity contribution in [1.29, 1.82) is 0 Å². The van der Waals surface area contributed by atoms with Crippen LogP contribution in [0, 0.1) is 11.8 Å². The van der Waals surface area contributed by atoms with Crippen LogP contribution >= 0.6 is 11.8 Å². The maximum atomic E-state index is 14.5. The van der Waals surface area contributed by atoms with Crippen molar-refractivity contribution in [2.24, 2.45) is 11.8 Å². The van der Waals surface area contributed by atoms with Crippen LogP contribution in [0.5, 0.6) is 0 Å². The number of hydrogen-bond donors (Lipinski definition) is 2. The van der Waals surface area contributed by atoms with Crippen molar-refractivity contribution in [3.63, 3.8) is 0 Å². The number of carbonyl (C=O) groups is 3. The van der Waals surface area contributed by atoms with Crippen molar-refractivity contribution in [2.75, 3.05) is 13.2 Å². The van der Waals surface area contributed by atoms with Gasteiger partial charge >= 0.3 is 5.97 Å². The van der Waals surface area contributed by atoms with E-state index in [4.69, 9.17) is 0 Å². The van der Waals surface area contributed by atoms with E-state index in [1.165, 1.54) is 11.8 Å². The number of fused-ring (bicyclic) bond motifs is 1. The molecular formula is C27H34N2O5S. The highest BCUT2D eigenvalue weighted by atomic mass is 32.2. The Hall–Kier alpha value is -2.32. The molecule has 2 amide bonds. The first-order valence-corrected chi connectivity index (χ1v) is 13.6. The van der Waals surface area contributed by atoms with Gasteiger partial charge in [-0.1, -0.05) is 55.7 Å². The van der Waals surface area contributed by atoms with Gasteiger partial charge in [-0.25, -0.2) is 0 Å². The molecule has 1 spiro atoms. The SMILES string of the molecule is C=CCN(C(=O)C1N([C@H](CO)c2ccccc2)C(=O)[C@@H]2[C@@H](C(=O)O)[C@H]3CCC12S3)C1CCCCC1. The number of likely N-dealkylation sites (tertiary alicyclic amines) is 1. The average Bonchev–Trinajstić information content (AvgIpc) is 3.52. The number of hydrogen-bond acceptors (Lipinski definition) is 5. The molecule has 2 unspecified atom stereocenters. The zero-order valence-corrected chi connectivity index (χ0v) is 20.7. The molecule has 4 fully saturated rings. The Morgan fingerprint density at radius 3 is 2.54 bits per heavy atom. The number of aliphatic hydroxyl groups is 1. The number of carbonyl (C=O) groups excluding carboxylic acids is 2. The predicted molar refractivity (Wildman–Crippen MR) is 134 cm³/mol. The molecule has 7 nitrogen and oxygen atoms in total. The summed E-state index contributed by atoms with van der Waals surface area (Å²) in [5.41, 5.74) is 0.747. The molecule has 1 aromatic rings. The first-order valence-electron chi connectivity index (χ1n) is 12.7. The van der Waals surface area contributed by atoms with E-state index >= 15 is 0 Å². The maximum Gasteiger partial charge on any atom is 0.308 e. The third kappa shape index (κ3) is 3.80. The first kappa shape index (κ1) is 24.4. The second-order valence-electron chi connectivity index (χ2n) is 10.3. The summed E-state index contributed by atoms with van der Waals surface area (Å²) in [5.74, 6) is -2.96. The van der Waals surface area contributed by atoms with Crippen LogP contribution in [-0.2, 0) is 14.4 Å². The lowest BCUT2D eigenvalue weighted by Gasteiger charge is -2.42. The summed E-state index contributed by atoms with van der Waals surface area (Å²) in [6.07, 6.45) is 8.19. The molecule has 2 N–H and O–H groups in total. The lowest BCUT2D eigenvalue weighted by molar-refractivity contribution is -0.150. The Balaban J connectivity index is 1.61. The Labute approximate surface area is 210 Å². The van der Waals surface area contributed by atoms with Crippen LogP contribution in [0.4, 0.5) is 0 Å². The van der Waals surface area contributed by atoms with E-state index in [0.29, 0.717) is 19.4 Å². The van der Waals surface area contributed by atoms with Crippen LogP contribution in [0.1, 0.15) is 56.6 Å². The number of amides is 2. The van der Waals surface area contributed by atoms with E-state index in [1.54, 1.807) is 11.0 Å². The summed E-state index contributed by atoms with van der Waals surface area (Å²) in [7, 11) is 0. The van der Waals surface area contributed by atoms with Gasteiger partial charge in [0.2, 0.25) is 11.8 Å². The van der Waals surface area contributed by atoms with Crippen molar-refractivity contribution >= 4 is 29.5 Å². The topological polar surface area (TPSA) is 98.2 Å². The highest BCUT2D eigenvalue weighted by Crippen LogP contribution is 2.67. The van der Waals surface area contributed by atoms with Gasteiger partial charge in [-0.15, -0.1) is 18.3 Å². The molecule has 1 saturated carbocycles. The smallest absolute Gasteiger partial charge is 0.308 e. The second kappa shape index (κ2) is 9.62. The third-order valence-corrected chi connectivity index (χ3v) is 10.5. The molecular weight excluding hydrogens is 464 g/mol. The van der Waals surface area contributed by atoms with Crippen LogP contribution in [0.25, 0.3) is 0 Å². The van der Waals surface area contributed by atoms with E-state index in [2.05, 4.69) is 6.58 Å². The first-order chi connectivity index (χ1) is 16.9. The molecule has 1 aromatic carbocycles. The molecule has 4 aliphatic rings. The monoisotopic (exact) mass is 498 g/mol. The van der Waals surface area contributed by atoms with E-state index < -0.39 is 34.6 Å². The standard InChI is InChI=1S/C27H34N2O5S/c1-2-15-28(18-11-7-4-8-12-18)25(32)23-27-14-13-20(35-27)21(26(33)34)22(27)24(31)29(23)19(16-30)17-9-5-3-6-10-17/h2-3,5-6,9-10,18-23,30H,1,4,7-8,11-16H2,(H,33,34)/t19-,20-,21+,22+,23?,27?/m1/s1. The minimum absolute atomic E-state index is 0.0878. The van der Waals surface area contributed by atoms with Crippen LogP contribution in [0.3, 0.4) is 0 Å². The van der Waals surface area contributed by atoms with Gasteiger partial charge in [-0.3, -0.25) is 14.4 Å². The number of carboxylic acids is 1. The van der Waals surface area contributed by atoms with Gasteiger partial charge in [0, 0.05) is 17.8 Å². The number of aliphatic hydroxyl groups excluding tert-OH is 1. The summed E-state index contributed by atoms with van der Waals surface area (Å²) in [6, 6.07) is 7.84. The lowest BCUT2D eigenvalue weighted by Crippen LogP contribution is -2.57. The van der Waals surface area contributed by atoms with E-state index in [1.807, 2.05) is 35.2 Å². The van der Waals surface area contributed by atoms with Crippen LogP contribution in [-0.4, -0.2) is 73.0 Å². The number of nitrogens with zero attached hydrogens (tertiary/aromatic N) is 2. The molecule has 5 rings (SSSR count). The number of carboxylic acid groups (broad SMARTS) is 1. The molecule has 2 bridgehead atoms. The van der Waals surface area contributed by atoms with Crippen molar-refractivity contribution < 1.29 is 24.6 Å². The minimum atomic E-state index is -0.967. The lowest BCUT2D eigenvalue weighted by atomic mass is 9.71. The van der Waals surface area contributed by atoms with Crippen molar-refractivity contribution in [1.82, 2.24) is 9.80 Å². The number of thioether (sulfide) groups is 1. The quantitative estimate of drug-likeness (QED) is 0.534. The normalized spacial score (nSPS) is 32.9. The fraction of sp³-hybridized carbons (Fsp3) is 0.593. The molecule has 3 heterocycles. The van der Waals surface area contributed by atoms with Gasteiger partial charge in [0.15, 0.2) is 0 Å². The molecule has 188 valence electrons. The molecule has 3 aliphatic heterocycles.